The zero-order valence-corrected chi connectivity index (χ0v) is 22.0. The molecule has 0 aliphatic carbocycles. The molecule has 0 amide bonds. The summed E-state index contributed by atoms with van der Waals surface area (Å²) >= 11 is 0. The lowest BCUT2D eigenvalue weighted by Gasteiger charge is -2.26. The second kappa shape index (κ2) is 12.0. The second-order valence-electron chi connectivity index (χ2n) is 8.46. The van der Waals surface area contributed by atoms with Crippen molar-refractivity contribution in [3.8, 4) is 17.6 Å². The van der Waals surface area contributed by atoms with Crippen molar-refractivity contribution in [2.24, 2.45) is 0 Å². The first-order valence-corrected chi connectivity index (χ1v) is 12.9. The van der Waals surface area contributed by atoms with Crippen LogP contribution >= 0.6 is 7.82 Å². The Labute approximate surface area is 218 Å². The molecule has 38 heavy (non-hydrogen) atoms. The maximum absolute atomic E-state index is 13.6. The summed E-state index contributed by atoms with van der Waals surface area (Å²) in [5.41, 5.74) is 2.19. The first-order valence-electron chi connectivity index (χ1n) is 11.5. The molecule has 14 nitrogen and oxygen atoms in total. The van der Waals surface area contributed by atoms with Gasteiger partial charge in [-0.25, -0.2) is 19.1 Å². The molecule has 1 aliphatic heterocycles. The minimum Gasteiger partial charge on any atom is -0.461 e. The van der Waals surface area contributed by atoms with E-state index in [1.807, 2.05) is 0 Å². The highest BCUT2D eigenvalue weighted by Crippen LogP contribution is 2.51. The molecule has 1 fully saturated rings. The van der Waals surface area contributed by atoms with E-state index in [9.17, 15) is 24.4 Å². The molecular weight excluding hydrogens is 523 g/mol. The van der Waals surface area contributed by atoms with Gasteiger partial charge in [-0.3, -0.25) is 13.6 Å². The fourth-order valence-electron chi connectivity index (χ4n) is 3.45. The van der Waals surface area contributed by atoms with Crippen molar-refractivity contribution < 1.29 is 42.6 Å². The predicted octanol–water partition coefficient (Wildman–Crippen LogP) is 0.794. The molecule has 1 aliphatic rings. The zero-order valence-electron chi connectivity index (χ0n) is 21.1. The number of aliphatic hydroxyl groups is 2. The van der Waals surface area contributed by atoms with Crippen LogP contribution in [-0.2, 0) is 27.9 Å². The Morgan fingerprint density at radius 1 is 1.32 bits per heavy atom. The maximum Gasteiger partial charge on any atom is 0.530 e. The Morgan fingerprint density at radius 2 is 2.00 bits per heavy atom. The summed E-state index contributed by atoms with van der Waals surface area (Å²) in [5.74, 6) is 3.88. The Hall–Kier alpha value is -3.31. The smallest absolute Gasteiger partial charge is 0.461 e. The van der Waals surface area contributed by atoms with Gasteiger partial charge >= 0.3 is 19.5 Å². The van der Waals surface area contributed by atoms with Gasteiger partial charge in [0.15, 0.2) is 17.9 Å². The topological polar surface area (TPSA) is 195 Å². The van der Waals surface area contributed by atoms with Crippen LogP contribution < -0.4 is 15.9 Å². The molecule has 1 aromatic heterocycles. The third-order valence-electron chi connectivity index (χ3n) is 5.13. The van der Waals surface area contributed by atoms with Crippen LogP contribution in [-0.4, -0.2) is 67.3 Å². The molecule has 15 heteroatoms. The minimum atomic E-state index is -4.56. The van der Waals surface area contributed by atoms with Gasteiger partial charge < -0.3 is 29.9 Å². The summed E-state index contributed by atoms with van der Waals surface area (Å²) in [6, 6.07) is 7.89. The van der Waals surface area contributed by atoms with Crippen LogP contribution in [0.25, 0.3) is 0 Å². The lowest BCUT2D eigenvalue weighted by Crippen LogP contribution is -2.48. The Balaban J connectivity index is 1.86. The number of esters is 1. The SMILES string of the molecule is CC#C[C@@]1(O)C(O)[C@@H](COP(=O)(Oc2ccccc2)O[C@@H](C)C(=O)OC(C)C)O[C@H]1n1cnc(N)nc1=O. The third-order valence-corrected chi connectivity index (χ3v) is 6.61. The number of hydrogen-bond donors (Lipinski definition) is 3. The van der Waals surface area contributed by atoms with Crippen molar-refractivity contribution >= 4 is 19.7 Å². The van der Waals surface area contributed by atoms with Crippen molar-refractivity contribution in [1.29, 1.82) is 0 Å². The highest BCUT2D eigenvalue weighted by atomic mass is 31.2. The van der Waals surface area contributed by atoms with Crippen LogP contribution in [0.3, 0.4) is 0 Å². The van der Waals surface area contributed by atoms with Gasteiger partial charge in [0.2, 0.25) is 5.95 Å². The number of nitrogens with zero attached hydrogens (tertiary/aromatic N) is 3. The minimum absolute atomic E-state index is 0.102. The number of aromatic nitrogens is 3. The van der Waals surface area contributed by atoms with Crippen LogP contribution in [0.1, 0.15) is 33.9 Å². The van der Waals surface area contributed by atoms with Crippen molar-refractivity contribution in [3.05, 3.63) is 47.1 Å². The fraction of sp³-hybridized carbons (Fsp3) is 0.478. The highest BCUT2D eigenvalue weighted by Gasteiger charge is 2.57. The number of phosphoric ester groups is 1. The average molecular weight is 552 g/mol. The molecule has 206 valence electrons. The number of rotatable bonds is 10. The molecule has 1 aromatic carbocycles. The van der Waals surface area contributed by atoms with E-state index < -0.39 is 62.3 Å². The number of ether oxygens (including phenoxy) is 2. The van der Waals surface area contributed by atoms with Gasteiger partial charge in [0.25, 0.3) is 0 Å². The number of carbonyl (C=O) groups excluding carboxylic acids is 1. The van der Waals surface area contributed by atoms with E-state index in [4.69, 9.17) is 28.8 Å². The monoisotopic (exact) mass is 552 g/mol. The molecule has 4 N–H and O–H groups in total. The van der Waals surface area contributed by atoms with E-state index in [2.05, 4.69) is 21.8 Å². The molecule has 0 bridgehead atoms. The largest absolute Gasteiger partial charge is 0.530 e. The van der Waals surface area contributed by atoms with Crippen molar-refractivity contribution in [3.63, 3.8) is 0 Å². The molecular formula is C23H29N4O10P. The normalized spacial score (nSPS) is 25.2. The number of benzene rings is 1. The molecule has 6 atom stereocenters. The summed E-state index contributed by atoms with van der Waals surface area (Å²) in [7, 11) is -4.56. The fourth-order valence-corrected chi connectivity index (χ4v) is 4.79. The Bertz CT molecular complexity index is 1290. The second-order valence-corrected chi connectivity index (χ2v) is 10.0. The van der Waals surface area contributed by atoms with E-state index in [1.54, 1.807) is 32.0 Å². The number of anilines is 1. The maximum atomic E-state index is 13.6. The summed E-state index contributed by atoms with van der Waals surface area (Å²) < 4.78 is 41.4. The van der Waals surface area contributed by atoms with Crippen molar-refractivity contribution in [2.75, 3.05) is 12.3 Å². The number of nitrogens with two attached hydrogens (primary N) is 1. The van der Waals surface area contributed by atoms with Gasteiger partial charge in [-0.15, -0.1) is 5.92 Å². The van der Waals surface area contributed by atoms with Crippen LogP contribution in [0.4, 0.5) is 5.95 Å². The van der Waals surface area contributed by atoms with E-state index >= 15 is 0 Å². The molecule has 0 radical (unpaired) electrons. The highest BCUT2D eigenvalue weighted by molar-refractivity contribution is 7.49. The number of nitrogen functional groups attached to an aromatic ring is 1. The predicted molar refractivity (Wildman–Crippen MR) is 131 cm³/mol. The number of aliphatic hydroxyl groups excluding tert-OH is 1. The summed E-state index contributed by atoms with van der Waals surface area (Å²) in [4.78, 5) is 31.8. The standard InChI is InChI=1S/C23H29N4O10P/c1-5-11-23(31)18(28)17(35-20(23)27-13-25-21(24)26-22(27)30)12-33-38(32,37-16-9-7-6-8-10-16)36-15(4)19(29)34-14(2)3/h6-10,13-15,17-18,20,28,31H,12H2,1-4H3,(H2,24,26,30)/t15-,17+,18?,20+,23+,38?/m0/s1. The van der Waals surface area contributed by atoms with Crippen molar-refractivity contribution in [2.45, 2.75) is 63.9 Å². The first-order chi connectivity index (χ1) is 17.9. The quantitative estimate of drug-likeness (QED) is 0.213. The average Bonchev–Trinajstić information content (AvgIpc) is 3.08. The lowest BCUT2D eigenvalue weighted by molar-refractivity contribution is -0.156. The molecule has 2 unspecified atom stereocenters. The third kappa shape index (κ3) is 6.76. The summed E-state index contributed by atoms with van der Waals surface area (Å²) in [6.07, 6.45) is -5.59. The van der Waals surface area contributed by atoms with Crippen molar-refractivity contribution in [1.82, 2.24) is 14.5 Å². The summed E-state index contributed by atoms with van der Waals surface area (Å²) in [5, 5.41) is 22.0. The van der Waals surface area contributed by atoms with Crippen LogP contribution in [0.5, 0.6) is 5.75 Å². The number of phosphoric acid groups is 1. The number of carbonyl (C=O) groups is 1. The van der Waals surface area contributed by atoms with Gasteiger partial charge in [0.1, 0.15) is 24.3 Å². The molecule has 2 heterocycles. The molecule has 2 aromatic rings. The van der Waals surface area contributed by atoms with E-state index in [1.165, 1.54) is 26.0 Å². The molecule has 3 rings (SSSR count). The molecule has 0 saturated carbocycles. The molecule has 1 saturated heterocycles. The van der Waals surface area contributed by atoms with Gasteiger partial charge in [0.05, 0.1) is 12.7 Å². The first kappa shape index (κ1) is 29.2. The van der Waals surface area contributed by atoms with Gasteiger partial charge in [0, 0.05) is 0 Å². The summed E-state index contributed by atoms with van der Waals surface area (Å²) in [6.45, 7) is 5.30. The van der Waals surface area contributed by atoms with Crippen LogP contribution in [0.15, 0.2) is 41.5 Å². The number of para-hydroxylation sites is 1. The zero-order chi connectivity index (χ0) is 28.1. The Kier molecular flexibility index (Phi) is 9.26. The van der Waals surface area contributed by atoms with Gasteiger partial charge in [-0.1, -0.05) is 24.1 Å². The molecule has 0 spiro atoms. The van der Waals surface area contributed by atoms with Crippen LogP contribution in [0.2, 0.25) is 0 Å². The lowest BCUT2D eigenvalue weighted by atomic mass is 9.94. The Morgan fingerprint density at radius 3 is 2.61 bits per heavy atom. The van der Waals surface area contributed by atoms with Gasteiger partial charge in [-0.2, -0.15) is 4.98 Å². The van der Waals surface area contributed by atoms with E-state index in [0.29, 0.717) is 0 Å². The van der Waals surface area contributed by atoms with E-state index in [0.717, 1.165) is 10.9 Å². The number of hydrogen-bond acceptors (Lipinski definition) is 13. The van der Waals surface area contributed by atoms with Gasteiger partial charge in [-0.05, 0) is 39.8 Å². The van der Waals surface area contributed by atoms with E-state index in [-0.39, 0.29) is 11.7 Å². The van der Waals surface area contributed by atoms with Crippen LogP contribution in [0, 0.1) is 11.8 Å².